The quantitative estimate of drug-likeness (QED) is 0.884. The third kappa shape index (κ3) is 4.28. The molecule has 0 spiro atoms. The number of benzene rings is 1. The fourth-order valence-electron chi connectivity index (χ4n) is 1.67. The maximum atomic E-state index is 11.6. The van der Waals surface area contributed by atoms with Crippen molar-refractivity contribution in [3.05, 3.63) is 47.7 Å². The second-order valence-electron chi connectivity index (χ2n) is 5.11. The van der Waals surface area contributed by atoms with Gasteiger partial charge in [0, 0.05) is 18.2 Å². The van der Waals surface area contributed by atoms with Crippen LogP contribution in [0.5, 0.6) is 0 Å². The summed E-state index contributed by atoms with van der Waals surface area (Å²) in [7, 11) is 0. The monoisotopic (exact) mass is 295 g/mol. The van der Waals surface area contributed by atoms with Gasteiger partial charge in [-0.25, -0.2) is 0 Å². The molecule has 1 heterocycles. The lowest BCUT2D eigenvalue weighted by molar-refractivity contribution is -0.118. The van der Waals surface area contributed by atoms with Gasteiger partial charge in [-0.1, -0.05) is 26.0 Å². The number of nitrogens with one attached hydrogen (secondary N) is 2. The van der Waals surface area contributed by atoms with E-state index in [1.54, 1.807) is 12.1 Å². The number of nitrogens with zero attached hydrogens (tertiary/aromatic N) is 3. The molecule has 1 aromatic heterocycles. The molecule has 112 valence electrons. The first kappa shape index (κ1) is 15.4. The molecule has 0 saturated heterocycles. The van der Waals surface area contributed by atoms with E-state index in [0.29, 0.717) is 12.4 Å². The molecule has 2 rings (SSSR count). The zero-order valence-corrected chi connectivity index (χ0v) is 12.5. The van der Waals surface area contributed by atoms with Gasteiger partial charge in [-0.15, -0.1) is 10.2 Å². The number of amides is 1. The topological polar surface area (TPSA) is 90.7 Å². The smallest absolute Gasteiger partial charge is 0.226 e. The fourth-order valence-corrected chi connectivity index (χ4v) is 1.67. The lowest BCUT2D eigenvalue weighted by Gasteiger charge is -2.09. The molecule has 22 heavy (non-hydrogen) atoms. The van der Waals surface area contributed by atoms with Gasteiger partial charge in [-0.2, -0.15) is 5.26 Å². The van der Waals surface area contributed by atoms with Crippen LogP contribution in [0.1, 0.15) is 25.1 Å². The zero-order valence-electron chi connectivity index (χ0n) is 12.5. The Hall–Kier alpha value is -2.94. The van der Waals surface area contributed by atoms with Gasteiger partial charge in [0.2, 0.25) is 5.91 Å². The van der Waals surface area contributed by atoms with Crippen LogP contribution in [0.15, 0.2) is 36.4 Å². The van der Waals surface area contributed by atoms with E-state index in [9.17, 15) is 4.79 Å². The molecule has 2 N–H and O–H groups in total. The molecule has 0 unspecified atom stereocenters. The van der Waals surface area contributed by atoms with Crippen molar-refractivity contribution in [1.29, 1.82) is 5.26 Å². The van der Waals surface area contributed by atoms with Crippen LogP contribution in [-0.4, -0.2) is 16.1 Å². The Morgan fingerprint density at radius 1 is 1.18 bits per heavy atom. The molecule has 0 atom stereocenters. The lowest BCUT2D eigenvalue weighted by atomic mass is 10.1. The summed E-state index contributed by atoms with van der Waals surface area (Å²) in [5.74, 6) is 0.561. The van der Waals surface area contributed by atoms with E-state index in [1.165, 1.54) is 0 Å². The number of anilines is 2. The Balaban J connectivity index is 1.91. The molecule has 0 aliphatic heterocycles. The van der Waals surface area contributed by atoms with E-state index in [1.807, 2.05) is 44.2 Å². The summed E-state index contributed by atoms with van der Waals surface area (Å²) in [5.41, 5.74) is 2.12. The van der Waals surface area contributed by atoms with Crippen molar-refractivity contribution in [1.82, 2.24) is 10.2 Å². The third-order valence-corrected chi connectivity index (χ3v) is 3.00. The number of carbonyl (C=O) groups excluding carboxylic acids is 1. The van der Waals surface area contributed by atoms with Crippen molar-refractivity contribution in [2.24, 2.45) is 5.92 Å². The van der Waals surface area contributed by atoms with Crippen molar-refractivity contribution in [2.75, 3.05) is 10.6 Å². The highest BCUT2D eigenvalue weighted by atomic mass is 16.1. The van der Waals surface area contributed by atoms with E-state index < -0.39 is 0 Å². The molecule has 1 aromatic carbocycles. The number of nitriles is 1. The Morgan fingerprint density at radius 2 is 1.91 bits per heavy atom. The minimum absolute atomic E-state index is 0.00117. The summed E-state index contributed by atoms with van der Waals surface area (Å²) in [4.78, 5) is 11.6. The third-order valence-electron chi connectivity index (χ3n) is 3.00. The number of rotatable bonds is 5. The maximum Gasteiger partial charge on any atom is 0.226 e. The summed E-state index contributed by atoms with van der Waals surface area (Å²) in [5, 5.41) is 22.3. The zero-order chi connectivity index (χ0) is 15.9. The lowest BCUT2D eigenvalue weighted by Crippen LogP contribution is -2.17. The van der Waals surface area contributed by atoms with E-state index in [-0.39, 0.29) is 17.5 Å². The highest BCUT2D eigenvalue weighted by Crippen LogP contribution is 2.12. The van der Waals surface area contributed by atoms with Gasteiger partial charge in [-0.05, 0) is 29.8 Å². The van der Waals surface area contributed by atoms with E-state index >= 15 is 0 Å². The van der Waals surface area contributed by atoms with Gasteiger partial charge >= 0.3 is 0 Å². The average Bonchev–Trinajstić information content (AvgIpc) is 2.54. The highest BCUT2D eigenvalue weighted by molar-refractivity contribution is 5.92. The predicted octanol–water partition coefficient (Wildman–Crippen LogP) is 2.55. The first-order chi connectivity index (χ1) is 10.6. The maximum absolute atomic E-state index is 11.6. The number of carbonyl (C=O) groups is 1. The molecule has 0 fully saturated rings. The van der Waals surface area contributed by atoms with Gasteiger partial charge in [-0.3, -0.25) is 4.79 Å². The molecular formula is C16H17N5O. The molecule has 0 radical (unpaired) electrons. The summed E-state index contributed by atoms with van der Waals surface area (Å²) in [6.07, 6.45) is 0. The van der Waals surface area contributed by atoms with Crippen molar-refractivity contribution < 1.29 is 4.79 Å². The van der Waals surface area contributed by atoms with Crippen molar-refractivity contribution in [2.45, 2.75) is 20.4 Å². The normalized spacial score (nSPS) is 10.1. The summed E-state index contributed by atoms with van der Waals surface area (Å²) in [6.45, 7) is 4.29. The molecule has 2 aromatic rings. The Morgan fingerprint density at radius 3 is 2.45 bits per heavy atom. The van der Waals surface area contributed by atoms with E-state index in [4.69, 9.17) is 5.26 Å². The van der Waals surface area contributed by atoms with Crippen LogP contribution in [0.4, 0.5) is 11.5 Å². The minimum Gasteiger partial charge on any atom is -0.365 e. The van der Waals surface area contributed by atoms with E-state index in [0.717, 1.165) is 11.3 Å². The van der Waals surface area contributed by atoms with E-state index in [2.05, 4.69) is 20.8 Å². The highest BCUT2D eigenvalue weighted by Gasteiger charge is 2.06. The first-order valence-electron chi connectivity index (χ1n) is 6.96. The SMILES string of the molecule is CC(C)C(=O)Nc1ccc(CNc2ccc(C#N)nn2)cc1. The second kappa shape index (κ2) is 7.18. The van der Waals surface area contributed by atoms with Crippen LogP contribution in [0, 0.1) is 17.2 Å². The fraction of sp³-hybridized carbons (Fsp3) is 0.250. The van der Waals surface area contributed by atoms with Crippen LogP contribution in [0.2, 0.25) is 0 Å². The first-order valence-corrected chi connectivity index (χ1v) is 6.96. The van der Waals surface area contributed by atoms with Crippen LogP contribution in [0.3, 0.4) is 0 Å². The predicted molar refractivity (Wildman–Crippen MR) is 84.0 cm³/mol. The van der Waals surface area contributed by atoms with Gasteiger partial charge in [0.05, 0.1) is 0 Å². The molecule has 1 amide bonds. The largest absolute Gasteiger partial charge is 0.365 e. The number of aromatic nitrogens is 2. The van der Waals surface area contributed by atoms with Crippen LogP contribution >= 0.6 is 0 Å². The summed E-state index contributed by atoms with van der Waals surface area (Å²) >= 11 is 0. The van der Waals surface area contributed by atoms with Crippen molar-refractivity contribution >= 4 is 17.4 Å². The summed E-state index contributed by atoms with van der Waals surface area (Å²) < 4.78 is 0. The average molecular weight is 295 g/mol. The van der Waals surface area contributed by atoms with Crippen LogP contribution in [-0.2, 0) is 11.3 Å². The van der Waals surface area contributed by atoms with Crippen LogP contribution < -0.4 is 10.6 Å². The van der Waals surface area contributed by atoms with Crippen molar-refractivity contribution in [3.63, 3.8) is 0 Å². The minimum atomic E-state index is -0.0451. The number of hydrogen-bond acceptors (Lipinski definition) is 5. The van der Waals surface area contributed by atoms with Crippen LogP contribution in [0.25, 0.3) is 0 Å². The Labute approximate surface area is 129 Å². The Kier molecular flexibility index (Phi) is 5.04. The van der Waals surface area contributed by atoms with Gasteiger partial charge < -0.3 is 10.6 Å². The second-order valence-corrected chi connectivity index (χ2v) is 5.11. The van der Waals surface area contributed by atoms with Gasteiger partial charge in [0.15, 0.2) is 5.69 Å². The van der Waals surface area contributed by atoms with Gasteiger partial charge in [0.1, 0.15) is 11.9 Å². The molecule has 6 heteroatoms. The van der Waals surface area contributed by atoms with Crippen molar-refractivity contribution in [3.8, 4) is 6.07 Å². The number of hydrogen-bond donors (Lipinski definition) is 2. The molecule has 0 aliphatic rings. The Bertz CT molecular complexity index is 671. The molecule has 0 bridgehead atoms. The molecule has 0 aliphatic carbocycles. The van der Waals surface area contributed by atoms with Gasteiger partial charge in [0.25, 0.3) is 0 Å². The molecule has 0 saturated carbocycles. The summed E-state index contributed by atoms with van der Waals surface area (Å²) in [6, 6.07) is 12.8. The molecule has 6 nitrogen and oxygen atoms in total. The standard InChI is InChI=1S/C16H17N5O/c1-11(2)16(22)19-13-5-3-12(4-6-13)10-18-15-8-7-14(9-17)20-21-15/h3-8,11H,10H2,1-2H3,(H,18,21)(H,19,22). The molecular weight excluding hydrogens is 278 g/mol.